The van der Waals surface area contributed by atoms with Gasteiger partial charge in [0.25, 0.3) is 21.6 Å². The number of para-hydroxylation sites is 1. The van der Waals surface area contributed by atoms with Gasteiger partial charge in [-0.3, -0.25) is 24.7 Å². The van der Waals surface area contributed by atoms with E-state index in [4.69, 9.17) is 33.7 Å². The van der Waals surface area contributed by atoms with Gasteiger partial charge in [0, 0.05) is 99.5 Å². The van der Waals surface area contributed by atoms with E-state index in [-0.39, 0.29) is 58.8 Å². The zero-order chi connectivity index (χ0) is 64.6. The maximum atomic E-state index is 15.0. The third-order valence-electron chi connectivity index (χ3n) is 21.4. The number of hydrogen-bond donors (Lipinski definition) is 4. The number of ether oxygens (including phenoxy) is 5. The highest BCUT2D eigenvalue weighted by molar-refractivity contribution is 7.90. The maximum absolute atomic E-state index is 15.0. The lowest BCUT2D eigenvalue weighted by molar-refractivity contribution is -0.384. The summed E-state index contributed by atoms with van der Waals surface area (Å²) in [6, 6.07) is 24.4. The molecular formula is C70H89N11O11S. The zero-order valence-electron chi connectivity index (χ0n) is 54.4. The van der Waals surface area contributed by atoms with E-state index in [1.54, 1.807) is 6.07 Å². The van der Waals surface area contributed by atoms with Crippen molar-refractivity contribution in [3.8, 4) is 17.4 Å². The molecule has 3 aromatic carbocycles. The van der Waals surface area contributed by atoms with Crippen LogP contribution in [0.1, 0.15) is 139 Å². The topological polar surface area (TPSA) is 243 Å². The third kappa shape index (κ3) is 12.7. The van der Waals surface area contributed by atoms with Crippen molar-refractivity contribution in [1.82, 2.24) is 29.5 Å². The fraction of sp³-hybridized carbons (Fsp3) is 0.557. The first-order valence-electron chi connectivity index (χ1n) is 33.6. The summed E-state index contributed by atoms with van der Waals surface area (Å²) in [6.45, 7) is 21.7. The van der Waals surface area contributed by atoms with Crippen LogP contribution < -0.4 is 38.9 Å². The number of hydrogen-bond acceptors (Lipinski definition) is 19. The number of sulfonamides is 1. The van der Waals surface area contributed by atoms with Crippen LogP contribution in [-0.2, 0) is 31.5 Å². The number of pyridine rings is 2. The number of aliphatic hydroxyl groups is 1. The molecule has 0 unspecified atom stereocenters. The second kappa shape index (κ2) is 25.1. The summed E-state index contributed by atoms with van der Waals surface area (Å²) in [4.78, 5) is 52.2. The highest BCUT2D eigenvalue weighted by Gasteiger charge is 2.51. The van der Waals surface area contributed by atoms with E-state index in [1.807, 2.05) is 37.4 Å². The Labute approximate surface area is 544 Å². The van der Waals surface area contributed by atoms with Gasteiger partial charge >= 0.3 is 0 Å². The summed E-state index contributed by atoms with van der Waals surface area (Å²) in [5.41, 5.74) is 5.37. The normalized spacial score (nSPS) is 25.7. The minimum absolute atomic E-state index is 0.0168. The first-order valence-corrected chi connectivity index (χ1v) is 35.1. The SMILES string of the molecule is CC(C)Oc1ccccc1[C@H]1CN(Cc2cc3c(c(N4CCOC[C@@H]4C)n2)OCCC3(C)C)CCN1C1CC2(CCN(c3ccc(C(=O)NS(=O)(=O)c4ccc(NCC5CCC(C)(O)CC5)c([N+](=O)[O-])c4)c(N4c5cc6cc[nH]c6nc5O[C@H]5COCC[C@@H]54)c3)CC2)C1. The van der Waals surface area contributed by atoms with Gasteiger partial charge in [0.1, 0.15) is 28.9 Å². The number of morpholine rings is 1. The highest BCUT2D eigenvalue weighted by Crippen LogP contribution is 2.55. The number of anilines is 5. The first-order chi connectivity index (χ1) is 44.7. The summed E-state index contributed by atoms with van der Waals surface area (Å²) in [5.74, 6) is 2.44. The summed E-state index contributed by atoms with van der Waals surface area (Å²) in [5, 5.41) is 27.0. The predicted molar refractivity (Wildman–Crippen MR) is 356 cm³/mol. The molecule has 1 amide bonds. The average molecular weight is 1290 g/mol. The van der Waals surface area contributed by atoms with E-state index in [0.717, 1.165) is 131 Å². The lowest BCUT2D eigenvalue weighted by Crippen LogP contribution is -2.59. The minimum Gasteiger partial charge on any atom is -0.491 e. The van der Waals surface area contributed by atoms with Gasteiger partial charge in [-0.05, 0) is 163 Å². The van der Waals surface area contributed by atoms with Crippen molar-refractivity contribution in [3.63, 3.8) is 0 Å². The van der Waals surface area contributed by atoms with Crippen molar-refractivity contribution < 1.29 is 46.9 Å². The monoisotopic (exact) mass is 1290 g/mol. The summed E-state index contributed by atoms with van der Waals surface area (Å²) in [7, 11) is -4.66. The standard InChI is InChI=1S/C70H89N11O11S/c1-44(2)91-61-10-8-7-9-52(61)60-41-76(40-48-34-54-63(90-31-23-68(54,4)5)65(73-48)78-29-32-89-42-45(78)3)27-28-79(60)50-37-70(38-50)21-25-77(26-22-70)49-11-13-53(57(35-49)80-56-18-30-88-43-62(56)92-67-59(80)33-47-17-24-71-64(47)74-67)66(82)75-93(86,87)51-12-14-55(58(36-51)81(84)85)72-39-46-15-19-69(6,83)20-16-46/h7-14,17,24,33-36,44-46,50,56,60,62,72,83H,15-16,18-23,25-32,37-43H2,1-6H3,(H,71,74)(H,75,82)/t45-,46?,56-,60+,62-,69?/m0/s1. The van der Waals surface area contributed by atoms with Crippen LogP contribution in [0.4, 0.5) is 34.3 Å². The zero-order valence-corrected chi connectivity index (χ0v) is 55.2. The van der Waals surface area contributed by atoms with E-state index >= 15 is 0 Å². The van der Waals surface area contributed by atoms with Crippen molar-refractivity contribution in [2.75, 3.05) is 98.9 Å². The molecule has 0 bridgehead atoms. The second-order valence-electron chi connectivity index (χ2n) is 28.7. The molecule has 9 heterocycles. The van der Waals surface area contributed by atoms with Gasteiger partial charge in [0.05, 0.1) is 83.0 Å². The van der Waals surface area contributed by atoms with Crippen molar-refractivity contribution in [2.24, 2.45) is 11.3 Å². The van der Waals surface area contributed by atoms with Crippen LogP contribution in [0.15, 0.2) is 90.0 Å². The summed E-state index contributed by atoms with van der Waals surface area (Å²) < 4.78 is 62.6. The molecule has 2 saturated carbocycles. The molecule has 0 radical (unpaired) electrons. The number of nitrogens with one attached hydrogen (secondary N) is 3. The molecule has 6 aliphatic heterocycles. The number of carbonyl (C=O) groups excluding carboxylic acids is 1. The summed E-state index contributed by atoms with van der Waals surface area (Å²) >= 11 is 0. The molecule has 496 valence electrons. The minimum atomic E-state index is -4.66. The Morgan fingerprint density at radius 2 is 1.68 bits per heavy atom. The van der Waals surface area contributed by atoms with Crippen LogP contribution in [0.3, 0.4) is 0 Å². The van der Waals surface area contributed by atoms with Gasteiger partial charge in [-0.15, -0.1) is 0 Å². The molecule has 3 aromatic heterocycles. The Hall–Kier alpha value is -7.28. The Balaban J connectivity index is 0.716. The van der Waals surface area contributed by atoms with Crippen LogP contribution in [0, 0.1) is 21.4 Å². The lowest BCUT2D eigenvalue weighted by Gasteiger charge is -2.58. The van der Waals surface area contributed by atoms with Crippen molar-refractivity contribution in [2.45, 2.75) is 165 Å². The largest absolute Gasteiger partial charge is 0.491 e. The number of H-pyrrole nitrogens is 1. The number of piperidine rings is 1. The molecule has 2 aliphatic carbocycles. The molecule has 14 rings (SSSR count). The number of aromatic amines is 1. The van der Waals surface area contributed by atoms with E-state index in [0.29, 0.717) is 81.2 Å². The molecule has 6 aromatic rings. The van der Waals surface area contributed by atoms with E-state index in [9.17, 15) is 28.4 Å². The number of carbonyl (C=O) groups is 1. The van der Waals surface area contributed by atoms with Crippen molar-refractivity contribution in [1.29, 1.82) is 0 Å². The van der Waals surface area contributed by atoms with E-state index in [2.05, 4.69) is 104 Å². The molecule has 1 spiro atoms. The molecule has 22 nitrogen and oxygen atoms in total. The van der Waals surface area contributed by atoms with Gasteiger partial charge in [0.15, 0.2) is 11.6 Å². The number of amides is 1. The third-order valence-corrected chi connectivity index (χ3v) is 22.8. The second-order valence-corrected chi connectivity index (χ2v) is 30.4. The van der Waals surface area contributed by atoms with Crippen LogP contribution >= 0.6 is 0 Å². The molecule has 8 aliphatic rings. The molecule has 23 heteroatoms. The Kier molecular flexibility index (Phi) is 17.1. The quantitative estimate of drug-likeness (QED) is 0.0520. The number of nitro benzene ring substituents is 1. The van der Waals surface area contributed by atoms with Crippen molar-refractivity contribution >= 4 is 61.2 Å². The van der Waals surface area contributed by atoms with Gasteiger partial charge in [-0.25, -0.2) is 18.1 Å². The maximum Gasteiger partial charge on any atom is 0.293 e. The Bertz CT molecular complexity index is 3890. The molecule has 4 atom stereocenters. The fourth-order valence-corrected chi connectivity index (χ4v) is 17.0. The van der Waals surface area contributed by atoms with Gasteiger partial charge in [0.2, 0.25) is 5.88 Å². The van der Waals surface area contributed by atoms with Crippen LogP contribution in [0.5, 0.6) is 17.4 Å². The van der Waals surface area contributed by atoms with E-state index in [1.165, 1.54) is 23.3 Å². The fourth-order valence-electron chi connectivity index (χ4n) is 16.0. The average Bonchev–Trinajstić information content (AvgIpc) is 1.38. The van der Waals surface area contributed by atoms with Crippen LogP contribution in [0.25, 0.3) is 11.0 Å². The molecular weight excluding hydrogens is 1200 g/mol. The smallest absolute Gasteiger partial charge is 0.293 e. The first kappa shape index (κ1) is 63.1. The number of piperazine rings is 1. The number of fused-ring (bicyclic) bond motifs is 4. The predicted octanol–water partition coefficient (Wildman–Crippen LogP) is 10.4. The highest BCUT2D eigenvalue weighted by atomic mass is 32.2. The van der Waals surface area contributed by atoms with Crippen LogP contribution in [-0.4, -0.2) is 164 Å². The Morgan fingerprint density at radius 1 is 0.882 bits per heavy atom. The number of rotatable bonds is 16. The molecule has 4 saturated heterocycles. The Morgan fingerprint density at radius 3 is 2.46 bits per heavy atom. The summed E-state index contributed by atoms with van der Waals surface area (Å²) in [6.07, 6.45) is 9.75. The van der Waals surface area contributed by atoms with Gasteiger partial charge < -0.3 is 53.8 Å². The molecule has 93 heavy (non-hydrogen) atoms. The van der Waals surface area contributed by atoms with E-state index < -0.39 is 43.1 Å². The molecule has 6 fully saturated rings. The van der Waals surface area contributed by atoms with Crippen LogP contribution in [0.2, 0.25) is 0 Å². The van der Waals surface area contributed by atoms with Gasteiger partial charge in [-0.1, -0.05) is 32.0 Å². The molecule has 4 N–H and O–H groups in total. The van der Waals surface area contributed by atoms with Gasteiger partial charge in [-0.2, -0.15) is 4.98 Å². The number of nitrogens with zero attached hydrogens (tertiary/aromatic N) is 8. The number of benzene rings is 3. The van der Waals surface area contributed by atoms with Crippen molar-refractivity contribution in [3.05, 3.63) is 118 Å². The number of nitro groups is 1. The lowest BCUT2D eigenvalue weighted by atomic mass is 9.59. The number of aromatic nitrogens is 3.